The van der Waals surface area contributed by atoms with E-state index in [1.165, 1.54) is 4.90 Å². The van der Waals surface area contributed by atoms with E-state index in [-0.39, 0.29) is 32.0 Å². The number of aryl methyl sites for hydroxylation is 1. The molecule has 6 heteroatoms. The maximum atomic E-state index is 11.9. The largest absolute Gasteiger partial charge is 0.493 e. The zero-order chi connectivity index (χ0) is 15.4. The molecule has 0 atom stereocenters. The number of nitrogens with one attached hydrogen (secondary N) is 1. The Bertz CT molecular complexity index is 567. The number of carbonyl (C=O) groups excluding carboxylic acids is 3. The van der Waals surface area contributed by atoms with E-state index in [0.29, 0.717) is 0 Å². The smallest absolute Gasteiger partial charge is 0.246 e. The summed E-state index contributed by atoms with van der Waals surface area (Å²) in [6, 6.07) is 5.74. The molecule has 0 radical (unpaired) electrons. The van der Waals surface area contributed by atoms with Crippen LogP contribution in [-0.4, -0.2) is 42.3 Å². The van der Waals surface area contributed by atoms with Gasteiger partial charge >= 0.3 is 0 Å². The van der Waals surface area contributed by atoms with Crippen molar-refractivity contribution in [2.24, 2.45) is 0 Å². The molecule has 0 spiro atoms. The van der Waals surface area contributed by atoms with Crippen molar-refractivity contribution < 1.29 is 19.1 Å². The van der Waals surface area contributed by atoms with Crippen LogP contribution in [0, 0.1) is 13.8 Å². The second-order valence-corrected chi connectivity index (χ2v) is 5.02. The van der Waals surface area contributed by atoms with Gasteiger partial charge in [0, 0.05) is 0 Å². The molecule has 1 aliphatic rings. The molecule has 1 saturated heterocycles. The number of amides is 3. The lowest BCUT2D eigenvalue weighted by Crippen LogP contribution is -2.53. The zero-order valence-electron chi connectivity index (χ0n) is 12.1. The molecule has 1 aromatic carbocycles. The molecule has 112 valence electrons. The van der Waals surface area contributed by atoms with E-state index in [1.807, 2.05) is 32.0 Å². The number of hydrogen-bond acceptors (Lipinski definition) is 4. The topological polar surface area (TPSA) is 75.7 Å². The Kier molecular flexibility index (Phi) is 4.57. The van der Waals surface area contributed by atoms with Gasteiger partial charge in [-0.3, -0.25) is 19.7 Å². The molecular weight excluding hydrogens is 272 g/mol. The van der Waals surface area contributed by atoms with Crippen LogP contribution < -0.4 is 10.1 Å². The SMILES string of the molecule is Cc1cccc(OCCC(=O)N2CC(=O)NC(=O)C2)c1C. The van der Waals surface area contributed by atoms with E-state index in [2.05, 4.69) is 5.32 Å². The Hall–Kier alpha value is -2.37. The van der Waals surface area contributed by atoms with Gasteiger partial charge in [-0.05, 0) is 31.0 Å². The fourth-order valence-corrected chi connectivity index (χ4v) is 2.10. The highest BCUT2D eigenvalue weighted by Gasteiger charge is 2.25. The summed E-state index contributed by atoms with van der Waals surface area (Å²) < 4.78 is 5.60. The molecule has 2 rings (SSSR count). The summed E-state index contributed by atoms with van der Waals surface area (Å²) in [5, 5.41) is 2.16. The molecule has 0 saturated carbocycles. The lowest BCUT2D eigenvalue weighted by atomic mass is 10.1. The minimum Gasteiger partial charge on any atom is -0.493 e. The maximum absolute atomic E-state index is 11.9. The third-order valence-corrected chi connectivity index (χ3v) is 3.43. The molecular formula is C15H18N2O4. The van der Waals surface area contributed by atoms with Crippen molar-refractivity contribution in [3.63, 3.8) is 0 Å². The number of ether oxygens (including phenoxy) is 1. The zero-order valence-corrected chi connectivity index (χ0v) is 12.1. The predicted octanol–water partition coefficient (Wildman–Crippen LogP) is 0.557. The molecule has 1 heterocycles. The minimum atomic E-state index is -0.449. The summed E-state index contributed by atoms with van der Waals surface area (Å²) in [6.45, 7) is 4.02. The van der Waals surface area contributed by atoms with Gasteiger partial charge in [0.2, 0.25) is 17.7 Å². The van der Waals surface area contributed by atoms with Crippen LogP contribution in [0.3, 0.4) is 0 Å². The number of benzene rings is 1. The number of rotatable bonds is 4. The molecule has 0 bridgehead atoms. The summed E-state index contributed by atoms with van der Waals surface area (Å²) in [4.78, 5) is 35.6. The minimum absolute atomic E-state index is 0.0754. The van der Waals surface area contributed by atoms with Crippen LogP contribution >= 0.6 is 0 Å². The van der Waals surface area contributed by atoms with Crippen molar-refractivity contribution in [1.29, 1.82) is 0 Å². The Labute approximate surface area is 123 Å². The second kappa shape index (κ2) is 6.39. The lowest BCUT2D eigenvalue weighted by molar-refractivity contribution is -0.145. The molecule has 6 nitrogen and oxygen atoms in total. The van der Waals surface area contributed by atoms with E-state index in [4.69, 9.17) is 4.74 Å². The first-order chi connectivity index (χ1) is 9.97. The van der Waals surface area contributed by atoms with Gasteiger partial charge in [-0.2, -0.15) is 0 Å². The van der Waals surface area contributed by atoms with Crippen molar-refractivity contribution in [2.45, 2.75) is 20.3 Å². The Morgan fingerprint density at radius 2 is 1.90 bits per heavy atom. The first kappa shape index (κ1) is 15.0. The predicted molar refractivity (Wildman–Crippen MR) is 75.8 cm³/mol. The molecule has 1 fully saturated rings. The molecule has 21 heavy (non-hydrogen) atoms. The highest BCUT2D eigenvalue weighted by Crippen LogP contribution is 2.20. The average Bonchev–Trinajstić information content (AvgIpc) is 2.42. The summed E-state index contributed by atoms with van der Waals surface area (Å²) in [6.07, 6.45) is 0.133. The third kappa shape index (κ3) is 3.81. The molecule has 1 N–H and O–H groups in total. The molecule has 0 unspecified atom stereocenters. The lowest BCUT2D eigenvalue weighted by Gasteiger charge is -2.25. The van der Waals surface area contributed by atoms with Gasteiger partial charge in [0.05, 0.1) is 13.0 Å². The fourth-order valence-electron chi connectivity index (χ4n) is 2.10. The first-order valence-electron chi connectivity index (χ1n) is 6.77. The number of carbonyl (C=O) groups is 3. The monoisotopic (exact) mass is 290 g/mol. The van der Waals surface area contributed by atoms with Crippen LogP contribution in [0.25, 0.3) is 0 Å². The van der Waals surface area contributed by atoms with Crippen molar-refractivity contribution >= 4 is 17.7 Å². The van der Waals surface area contributed by atoms with E-state index < -0.39 is 11.8 Å². The second-order valence-electron chi connectivity index (χ2n) is 5.02. The van der Waals surface area contributed by atoms with Crippen molar-refractivity contribution in [3.8, 4) is 5.75 Å². The van der Waals surface area contributed by atoms with Gasteiger partial charge in [0.1, 0.15) is 18.8 Å². The van der Waals surface area contributed by atoms with E-state index in [0.717, 1.165) is 16.9 Å². The van der Waals surface area contributed by atoms with Crippen molar-refractivity contribution in [1.82, 2.24) is 10.2 Å². The summed E-state index contributed by atoms with van der Waals surface area (Å²) in [5.41, 5.74) is 2.16. The van der Waals surface area contributed by atoms with Crippen LogP contribution in [0.1, 0.15) is 17.5 Å². The first-order valence-corrected chi connectivity index (χ1v) is 6.77. The highest BCUT2D eigenvalue weighted by atomic mass is 16.5. The number of piperazine rings is 1. The Morgan fingerprint density at radius 3 is 2.57 bits per heavy atom. The van der Waals surface area contributed by atoms with Crippen LogP contribution in [0.15, 0.2) is 18.2 Å². The standard InChI is InChI=1S/C15H18N2O4/c1-10-4-3-5-12(11(10)2)21-7-6-15(20)17-8-13(18)16-14(19)9-17/h3-5H,6-9H2,1-2H3,(H,16,18,19). The fraction of sp³-hybridized carbons (Fsp3) is 0.400. The van der Waals surface area contributed by atoms with Gasteiger partial charge in [-0.25, -0.2) is 0 Å². The number of hydrogen-bond donors (Lipinski definition) is 1. The summed E-state index contributed by atoms with van der Waals surface area (Å²) in [7, 11) is 0. The molecule has 0 aromatic heterocycles. The Balaban J connectivity index is 1.85. The van der Waals surface area contributed by atoms with Crippen LogP contribution in [0.5, 0.6) is 5.75 Å². The van der Waals surface area contributed by atoms with E-state index in [9.17, 15) is 14.4 Å². The maximum Gasteiger partial charge on any atom is 0.246 e. The Morgan fingerprint density at radius 1 is 1.24 bits per heavy atom. The summed E-state index contributed by atoms with van der Waals surface area (Å²) >= 11 is 0. The van der Waals surface area contributed by atoms with Gasteiger partial charge in [-0.1, -0.05) is 12.1 Å². The van der Waals surface area contributed by atoms with E-state index in [1.54, 1.807) is 0 Å². The van der Waals surface area contributed by atoms with E-state index >= 15 is 0 Å². The van der Waals surface area contributed by atoms with Crippen LogP contribution in [0.4, 0.5) is 0 Å². The quantitative estimate of drug-likeness (QED) is 0.822. The van der Waals surface area contributed by atoms with Gasteiger partial charge in [0.15, 0.2) is 0 Å². The van der Waals surface area contributed by atoms with Gasteiger partial charge < -0.3 is 9.64 Å². The molecule has 1 aliphatic heterocycles. The number of imide groups is 1. The van der Waals surface area contributed by atoms with Crippen molar-refractivity contribution in [3.05, 3.63) is 29.3 Å². The molecule has 0 aliphatic carbocycles. The van der Waals surface area contributed by atoms with Crippen LogP contribution in [0.2, 0.25) is 0 Å². The summed E-state index contributed by atoms with van der Waals surface area (Å²) in [5.74, 6) is -0.413. The number of nitrogens with zero attached hydrogens (tertiary/aromatic N) is 1. The molecule has 3 amide bonds. The van der Waals surface area contributed by atoms with Gasteiger partial charge in [-0.15, -0.1) is 0 Å². The molecule has 1 aromatic rings. The highest BCUT2D eigenvalue weighted by molar-refractivity contribution is 6.02. The van der Waals surface area contributed by atoms with Crippen LogP contribution in [-0.2, 0) is 14.4 Å². The third-order valence-electron chi connectivity index (χ3n) is 3.43. The normalized spacial score (nSPS) is 14.9. The van der Waals surface area contributed by atoms with Gasteiger partial charge in [0.25, 0.3) is 0 Å². The van der Waals surface area contributed by atoms with Crippen molar-refractivity contribution in [2.75, 3.05) is 19.7 Å². The average molecular weight is 290 g/mol.